The predicted molar refractivity (Wildman–Crippen MR) is 118 cm³/mol. The molecule has 0 saturated carbocycles. The van der Waals surface area contributed by atoms with Crippen molar-refractivity contribution < 1.29 is 13.9 Å². The van der Waals surface area contributed by atoms with Crippen molar-refractivity contribution in [3.63, 3.8) is 0 Å². The van der Waals surface area contributed by atoms with Crippen LogP contribution in [-0.2, 0) is 0 Å². The van der Waals surface area contributed by atoms with E-state index in [4.69, 9.17) is 9.47 Å². The van der Waals surface area contributed by atoms with E-state index in [1.807, 2.05) is 36.4 Å². The highest BCUT2D eigenvalue weighted by atomic mass is 19.1. The van der Waals surface area contributed by atoms with Gasteiger partial charge >= 0.3 is 0 Å². The first-order chi connectivity index (χ1) is 14.8. The first kappa shape index (κ1) is 20.4. The van der Waals surface area contributed by atoms with Crippen molar-refractivity contribution in [1.82, 2.24) is 4.90 Å². The Bertz CT molecular complexity index is 886. The monoisotopic (exact) mass is 405 g/mol. The summed E-state index contributed by atoms with van der Waals surface area (Å²) in [4.78, 5) is 2.50. The summed E-state index contributed by atoms with van der Waals surface area (Å²) in [7, 11) is 0. The van der Waals surface area contributed by atoms with Gasteiger partial charge in [-0.2, -0.15) is 0 Å². The molecule has 1 aliphatic heterocycles. The molecule has 0 radical (unpaired) electrons. The second-order valence-electron chi connectivity index (χ2n) is 7.73. The number of ether oxygens (including phenoxy) is 2. The van der Waals surface area contributed by atoms with Crippen molar-refractivity contribution in [3.8, 4) is 11.5 Å². The number of hydrogen-bond acceptors (Lipinski definition) is 3. The standard InChI is InChI=1S/C26H28FNO2/c27-22-12-14-24(15-13-22)30-26-16-18-28(20-25(26)21-8-3-1-4-9-21)17-7-19-29-23-10-5-2-6-11-23/h1-6,8-15,25-26H,7,16-20H2. The first-order valence-corrected chi connectivity index (χ1v) is 10.7. The lowest BCUT2D eigenvalue weighted by atomic mass is 9.87. The zero-order valence-electron chi connectivity index (χ0n) is 17.1. The summed E-state index contributed by atoms with van der Waals surface area (Å²) in [6.07, 6.45) is 2.01. The van der Waals surface area contributed by atoms with Gasteiger partial charge in [0.15, 0.2) is 0 Å². The second-order valence-corrected chi connectivity index (χ2v) is 7.73. The lowest BCUT2D eigenvalue weighted by molar-refractivity contribution is 0.0749. The van der Waals surface area contributed by atoms with Crippen LogP contribution in [0, 0.1) is 5.82 Å². The normalized spacial score (nSPS) is 19.4. The lowest BCUT2D eigenvalue weighted by Crippen LogP contribution is -2.44. The lowest BCUT2D eigenvalue weighted by Gasteiger charge is -2.39. The molecule has 1 heterocycles. The van der Waals surface area contributed by atoms with E-state index in [1.54, 1.807) is 12.1 Å². The molecule has 0 bridgehead atoms. The van der Waals surface area contributed by atoms with Crippen LogP contribution < -0.4 is 9.47 Å². The van der Waals surface area contributed by atoms with Gasteiger partial charge in [0, 0.05) is 25.6 Å². The van der Waals surface area contributed by atoms with Gasteiger partial charge in [0.1, 0.15) is 23.4 Å². The Balaban J connectivity index is 1.35. The molecule has 4 rings (SSSR count). The van der Waals surface area contributed by atoms with Crippen LogP contribution >= 0.6 is 0 Å². The minimum Gasteiger partial charge on any atom is -0.494 e. The number of piperidine rings is 1. The molecule has 2 unspecified atom stereocenters. The maximum Gasteiger partial charge on any atom is 0.123 e. The fourth-order valence-electron chi connectivity index (χ4n) is 4.05. The molecule has 0 aliphatic carbocycles. The summed E-state index contributed by atoms with van der Waals surface area (Å²) in [6.45, 7) is 3.65. The van der Waals surface area contributed by atoms with Gasteiger partial charge in [0.25, 0.3) is 0 Å². The molecule has 1 aliphatic rings. The molecule has 30 heavy (non-hydrogen) atoms. The van der Waals surface area contributed by atoms with Gasteiger partial charge in [0.05, 0.1) is 6.61 Å². The molecule has 0 spiro atoms. The Labute approximate surface area is 178 Å². The fraction of sp³-hybridized carbons (Fsp3) is 0.308. The number of halogens is 1. The van der Waals surface area contributed by atoms with Crippen LogP contribution in [0.1, 0.15) is 24.3 Å². The van der Waals surface area contributed by atoms with E-state index in [0.717, 1.165) is 44.0 Å². The van der Waals surface area contributed by atoms with E-state index in [2.05, 4.69) is 29.2 Å². The third kappa shape index (κ3) is 5.61. The summed E-state index contributed by atoms with van der Waals surface area (Å²) in [5, 5.41) is 0. The van der Waals surface area contributed by atoms with Gasteiger partial charge in [-0.1, -0.05) is 48.5 Å². The third-order valence-electron chi connectivity index (χ3n) is 5.59. The molecule has 3 aromatic carbocycles. The Kier molecular flexibility index (Phi) is 6.99. The smallest absolute Gasteiger partial charge is 0.123 e. The molecular formula is C26H28FNO2. The van der Waals surface area contributed by atoms with Gasteiger partial charge in [-0.15, -0.1) is 0 Å². The molecule has 156 valence electrons. The average molecular weight is 406 g/mol. The quantitative estimate of drug-likeness (QED) is 0.460. The van der Waals surface area contributed by atoms with Gasteiger partial charge in [-0.3, -0.25) is 0 Å². The topological polar surface area (TPSA) is 21.7 Å². The highest BCUT2D eigenvalue weighted by Crippen LogP contribution is 2.31. The highest BCUT2D eigenvalue weighted by Gasteiger charge is 2.31. The number of benzene rings is 3. The van der Waals surface area contributed by atoms with Crippen LogP contribution in [0.5, 0.6) is 11.5 Å². The fourth-order valence-corrected chi connectivity index (χ4v) is 4.05. The summed E-state index contributed by atoms with van der Waals surface area (Å²) in [6, 6.07) is 26.8. The summed E-state index contributed by atoms with van der Waals surface area (Å²) < 4.78 is 25.4. The number of para-hydroxylation sites is 1. The SMILES string of the molecule is Fc1ccc(OC2CCN(CCCOc3ccccc3)CC2c2ccccc2)cc1. The first-order valence-electron chi connectivity index (χ1n) is 10.7. The predicted octanol–water partition coefficient (Wildman–Crippen LogP) is 5.53. The molecule has 0 aromatic heterocycles. The molecule has 3 aromatic rings. The minimum absolute atomic E-state index is 0.0784. The molecule has 0 N–H and O–H groups in total. The van der Waals surface area contributed by atoms with Crippen LogP contribution in [0.4, 0.5) is 4.39 Å². The highest BCUT2D eigenvalue weighted by molar-refractivity contribution is 5.26. The van der Waals surface area contributed by atoms with E-state index in [1.165, 1.54) is 17.7 Å². The molecular weight excluding hydrogens is 377 g/mol. The number of hydrogen-bond donors (Lipinski definition) is 0. The maximum atomic E-state index is 13.2. The number of nitrogens with zero attached hydrogens (tertiary/aromatic N) is 1. The Morgan fingerprint density at radius 3 is 2.27 bits per heavy atom. The van der Waals surface area contributed by atoms with Crippen LogP contribution in [0.15, 0.2) is 84.9 Å². The Morgan fingerprint density at radius 2 is 1.53 bits per heavy atom. The van der Waals surface area contributed by atoms with Crippen molar-refractivity contribution in [2.45, 2.75) is 24.9 Å². The van der Waals surface area contributed by atoms with Crippen LogP contribution in [0.3, 0.4) is 0 Å². The van der Waals surface area contributed by atoms with E-state index in [9.17, 15) is 4.39 Å². The van der Waals surface area contributed by atoms with Crippen molar-refractivity contribution in [2.75, 3.05) is 26.2 Å². The van der Waals surface area contributed by atoms with Crippen LogP contribution in [0.25, 0.3) is 0 Å². The minimum atomic E-state index is -0.241. The van der Waals surface area contributed by atoms with Crippen LogP contribution in [-0.4, -0.2) is 37.2 Å². The average Bonchev–Trinajstić information content (AvgIpc) is 2.80. The largest absolute Gasteiger partial charge is 0.494 e. The number of rotatable bonds is 8. The summed E-state index contributed by atoms with van der Waals surface area (Å²) in [5.41, 5.74) is 1.29. The van der Waals surface area contributed by atoms with Gasteiger partial charge in [-0.25, -0.2) is 4.39 Å². The van der Waals surface area contributed by atoms with Crippen molar-refractivity contribution >= 4 is 0 Å². The van der Waals surface area contributed by atoms with Crippen molar-refractivity contribution in [3.05, 3.63) is 96.3 Å². The van der Waals surface area contributed by atoms with E-state index in [-0.39, 0.29) is 17.8 Å². The van der Waals surface area contributed by atoms with Crippen LogP contribution in [0.2, 0.25) is 0 Å². The molecule has 1 fully saturated rings. The molecule has 0 amide bonds. The number of likely N-dealkylation sites (tertiary alicyclic amines) is 1. The van der Waals surface area contributed by atoms with Gasteiger partial charge < -0.3 is 14.4 Å². The van der Waals surface area contributed by atoms with Gasteiger partial charge in [-0.05, 0) is 54.8 Å². The summed E-state index contributed by atoms with van der Waals surface area (Å²) >= 11 is 0. The zero-order valence-corrected chi connectivity index (χ0v) is 17.1. The molecule has 2 atom stereocenters. The maximum absolute atomic E-state index is 13.2. The van der Waals surface area contributed by atoms with E-state index < -0.39 is 0 Å². The summed E-state index contributed by atoms with van der Waals surface area (Å²) in [5.74, 6) is 1.69. The zero-order chi connectivity index (χ0) is 20.6. The van der Waals surface area contributed by atoms with E-state index in [0.29, 0.717) is 6.61 Å². The molecule has 3 nitrogen and oxygen atoms in total. The van der Waals surface area contributed by atoms with Crippen molar-refractivity contribution in [1.29, 1.82) is 0 Å². The third-order valence-corrected chi connectivity index (χ3v) is 5.59. The Hall–Kier alpha value is -2.85. The van der Waals surface area contributed by atoms with Gasteiger partial charge in [0.2, 0.25) is 0 Å². The molecule has 1 saturated heterocycles. The van der Waals surface area contributed by atoms with Crippen molar-refractivity contribution in [2.24, 2.45) is 0 Å². The second kappa shape index (κ2) is 10.3. The Morgan fingerprint density at radius 1 is 0.833 bits per heavy atom. The van der Waals surface area contributed by atoms with E-state index >= 15 is 0 Å². The molecule has 4 heteroatoms.